The summed E-state index contributed by atoms with van der Waals surface area (Å²) in [5.41, 5.74) is 2.96. The van der Waals surface area contributed by atoms with Gasteiger partial charge in [0.1, 0.15) is 42.3 Å². The largest absolute Gasteiger partial charge is 0.496 e. The van der Waals surface area contributed by atoms with Gasteiger partial charge in [-0.2, -0.15) is 0 Å². The minimum atomic E-state index is -1.62. The molecule has 67 heavy (non-hydrogen) atoms. The fraction of sp³-hybridized carbons (Fsp3) is 0.490. The molecule has 2 aliphatic carbocycles. The van der Waals surface area contributed by atoms with E-state index in [0.29, 0.717) is 78.2 Å². The Hall–Kier alpha value is -5.56. The van der Waals surface area contributed by atoms with Crippen LogP contribution in [0.3, 0.4) is 0 Å². The molecule has 18 heteroatoms. The number of nitro benzene ring substituents is 1. The van der Waals surface area contributed by atoms with E-state index in [1.54, 1.807) is 42.5 Å². The van der Waals surface area contributed by atoms with Crippen LogP contribution in [0, 0.1) is 27.9 Å². The molecule has 0 bridgehead atoms. The van der Waals surface area contributed by atoms with E-state index in [9.17, 15) is 35.0 Å². The normalized spacial score (nSPS) is 22.1. The summed E-state index contributed by atoms with van der Waals surface area (Å²) in [6.45, 7) is 3.74. The molecule has 1 fully saturated rings. The molecule has 1 heterocycles. The van der Waals surface area contributed by atoms with Gasteiger partial charge < -0.3 is 48.6 Å². The van der Waals surface area contributed by atoms with Gasteiger partial charge in [-0.05, 0) is 97.2 Å². The second-order valence-corrected chi connectivity index (χ2v) is 16.8. The number of oxime groups is 1. The first kappa shape index (κ1) is 50.8. The number of ether oxygens (including phenoxy) is 6. The molecular formula is C49H60ClN3O14. The van der Waals surface area contributed by atoms with E-state index >= 15 is 0 Å². The summed E-state index contributed by atoms with van der Waals surface area (Å²) in [6.07, 6.45) is 7.81. The van der Waals surface area contributed by atoms with Gasteiger partial charge >= 0.3 is 6.09 Å². The second-order valence-electron chi connectivity index (χ2n) is 16.4. The van der Waals surface area contributed by atoms with Gasteiger partial charge in [0, 0.05) is 49.8 Å². The number of allylic oxidation sites excluding steroid dienone is 1. The number of nitro groups is 1. The number of hydrogen-bond acceptors (Lipinski definition) is 15. The zero-order valence-corrected chi connectivity index (χ0v) is 38.4. The number of benzene rings is 3. The number of aldehydes is 1. The number of halogens is 1. The zero-order chi connectivity index (χ0) is 47.8. The van der Waals surface area contributed by atoms with E-state index in [-0.39, 0.29) is 89.2 Å². The standard InChI is InChI=1S/C49H60ClN3O14/c1-3-23-64-49-45(52(19-25-62-26-22-56)48(58)63-24-18-50)30-42(51-65-32-33-10-12-36(13-11-33)53(59)60)40-28-34(8-4-6-20-54)39(9-5-7-21-55)46(47(40)49)41-29-38(15-17-44(41)67-49)66-37-14-16-43(61-2)35(27-37)31-57/h3,10-17,27-29,31,34,39,45-47,54-56H,1,4-9,18-26,30,32H2,2H3. The minimum absolute atomic E-state index is 0.00427. The molecule has 3 aromatic carbocycles. The maximum absolute atomic E-state index is 14.4. The maximum Gasteiger partial charge on any atom is 0.410 e. The lowest BCUT2D eigenvalue weighted by atomic mass is 9.55. The first-order chi connectivity index (χ1) is 32.7. The number of aliphatic hydroxyl groups excluding tert-OH is 3. The van der Waals surface area contributed by atoms with Crippen molar-refractivity contribution in [3.63, 3.8) is 0 Å². The van der Waals surface area contributed by atoms with Crippen molar-refractivity contribution in [2.45, 2.75) is 69.3 Å². The van der Waals surface area contributed by atoms with E-state index < -0.39 is 34.7 Å². The van der Waals surface area contributed by atoms with Crippen LogP contribution in [0.5, 0.6) is 23.0 Å². The monoisotopic (exact) mass is 949 g/mol. The molecule has 0 aromatic heterocycles. The van der Waals surface area contributed by atoms with E-state index in [1.807, 2.05) is 12.1 Å². The number of fused-ring (bicyclic) bond motifs is 2. The number of methoxy groups -OCH3 is 1. The highest BCUT2D eigenvalue weighted by Crippen LogP contribution is 2.62. The fourth-order valence-corrected chi connectivity index (χ4v) is 9.60. The third kappa shape index (κ3) is 12.1. The smallest absolute Gasteiger partial charge is 0.410 e. The van der Waals surface area contributed by atoms with Crippen molar-refractivity contribution in [1.82, 2.24) is 4.90 Å². The molecule has 3 N–H and O–H groups in total. The van der Waals surface area contributed by atoms with Gasteiger partial charge in [-0.1, -0.05) is 30.1 Å². The number of alkyl halides is 1. The number of carbonyl (C=O) groups is 2. The van der Waals surface area contributed by atoms with Crippen LogP contribution in [0.2, 0.25) is 0 Å². The number of unbranched alkanes of at least 4 members (excludes halogenated alkanes) is 2. The molecule has 0 radical (unpaired) electrons. The summed E-state index contributed by atoms with van der Waals surface area (Å²) in [5, 5.41) is 45.6. The summed E-state index contributed by atoms with van der Waals surface area (Å²) in [7, 11) is 1.48. The Bertz CT molecular complexity index is 2210. The van der Waals surface area contributed by atoms with Gasteiger partial charge in [-0.25, -0.2) is 4.79 Å². The number of nitrogens with zero attached hydrogens (tertiary/aromatic N) is 3. The van der Waals surface area contributed by atoms with Gasteiger partial charge in [-0.3, -0.25) is 19.8 Å². The SMILES string of the molecule is C=CCOC12Oc3ccc(Oc4ccc(OC)c(C=O)c4)cc3C3C(CCCCO)C(CCCCO)C=C(C(=NOCc4ccc([N+](=O)[O-])cc4)CC1N(CCOCCO)C(=O)OCCCl)C32. The predicted molar refractivity (Wildman–Crippen MR) is 248 cm³/mol. The third-order valence-electron chi connectivity index (χ3n) is 12.4. The average molecular weight is 950 g/mol. The van der Waals surface area contributed by atoms with Crippen LogP contribution in [0.25, 0.3) is 0 Å². The molecular weight excluding hydrogens is 890 g/mol. The molecule has 6 rings (SSSR count). The predicted octanol–water partition coefficient (Wildman–Crippen LogP) is 7.73. The van der Waals surface area contributed by atoms with E-state index in [0.717, 1.165) is 17.6 Å². The van der Waals surface area contributed by atoms with E-state index in [1.165, 1.54) is 24.1 Å². The Kier molecular flexibility index (Phi) is 19.0. The quantitative estimate of drug-likeness (QED) is 0.0166. The number of hydrogen-bond donors (Lipinski definition) is 3. The lowest BCUT2D eigenvalue weighted by Gasteiger charge is -2.59. The van der Waals surface area contributed by atoms with Crippen LogP contribution in [-0.2, 0) is 25.7 Å². The molecule has 1 amide bonds. The number of aliphatic hydroxyl groups is 3. The summed E-state index contributed by atoms with van der Waals surface area (Å²) in [6, 6.07) is 15.5. The Morgan fingerprint density at radius 3 is 2.43 bits per heavy atom. The van der Waals surface area contributed by atoms with Crippen molar-refractivity contribution in [2.24, 2.45) is 22.9 Å². The van der Waals surface area contributed by atoms with Crippen LogP contribution in [0.4, 0.5) is 10.5 Å². The Morgan fingerprint density at radius 1 is 1.00 bits per heavy atom. The molecule has 362 valence electrons. The number of non-ortho nitro benzene ring substituents is 1. The summed E-state index contributed by atoms with van der Waals surface area (Å²) < 4.78 is 37.5. The molecule has 1 saturated carbocycles. The summed E-state index contributed by atoms with van der Waals surface area (Å²) in [5.74, 6) is -1.07. The fourth-order valence-electron chi connectivity index (χ4n) is 9.53. The molecule has 0 spiro atoms. The van der Waals surface area contributed by atoms with Crippen molar-refractivity contribution in [3.8, 4) is 23.0 Å². The van der Waals surface area contributed by atoms with Crippen molar-refractivity contribution in [2.75, 3.05) is 65.8 Å². The summed E-state index contributed by atoms with van der Waals surface area (Å²) >= 11 is 6.04. The lowest BCUT2D eigenvalue weighted by Crippen LogP contribution is -2.70. The van der Waals surface area contributed by atoms with Crippen LogP contribution in [-0.4, -0.2) is 121 Å². The molecule has 1 aliphatic heterocycles. The molecule has 3 aliphatic rings. The molecule has 17 nitrogen and oxygen atoms in total. The third-order valence-corrected chi connectivity index (χ3v) is 12.5. The highest BCUT2D eigenvalue weighted by atomic mass is 35.5. The molecule has 3 aromatic rings. The molecule has 6 unspecified atom stereocenters. The molecule has 0 saturated heterocycles. The average Bonchev–Trinajstić information content (AvgIpc) is 3.34. The first-order valence-electron chi connectivity index (χ1n) is 22.6. The van der Waals surface area contributed by atoms with Crippen LogP contribution < -0.4 is 14.2 Å². The van der Waals surface area contributed by atoms with Crippen LogP contribution in [0.1, 0.15) is 72.3 Å². The van der Waals surface area contributed by atoms with Gasteiger partial charge in [0.25, 0.3) is 5.69 Å². The van der Waals surface area contributed by atoms with E-state index in [4.69, 9.17) is 50.0 Å². The number of rotatable bonds is 27. The van der Waals surface area contributed by atoms with Crippen molar-refractivity contribution < 1.29 is 63.1 Å². The number of amides is 1. The number of carbonyl (C=O) groups excluding carboxylic acids is 2. The summed E-state index contributed by atoms with van der Waals surface area (Å²) in [4.78, 5) is 44.8. The minimum Gasteiger partial charge on any atom is -0.496 e. The van der Waals surface area contributed by atoms with Crippen LogP contribution in [0.15, 0.2) is 90.1 Å². The Labute approximate surface area is 395 Å². The van der Waals surface area contributed by atoms with Gasteiger partial charge in [0.2, 0.25) is 5.79 Å². The van der Waals surface area contributed by atoms with Crippen molar-refractivity contribution in [3.05, 3.63) is 112 Å². The molecule has 6 atom stereocenters. The maximum atomic E-state index is 14.4. The van der Waals surface area contributed by atoms with Gasteiger partial charge in [0.05, 0.1) is 61.5 Å². The lowest BCUT2D eigenvalue weighted by molar-refractivity contribution is -0.384. The van der Waals surface area contributed by atoms with E-state index in [2.05, 4.69) is 12.7 Å². The van der Waals surface area contributed by atoms with Crippen molar-refractivity contribution >= 4 is 35.4 Å². The first-order valence-corrected chi connectivity index (χ1v) is 23.1. The highest BCUT2D eigenvalue weighted by molar-refractivity contribution is 6.18. The topological polar surface area (TPSA) is 218 Å². The van der Waals surface area contributed by atoms with Crippen molar-refractivity contribution in [1.29, 1.82) is 0 Å². The van der Waals surface area contributed by atoms with Crippen LogP contribution >= 0.6 is 11.6 Å². The second kappa shape index (κ2) is 25.0. The highest BCUT2D eigenvalue weighted by Gasteiger charge is 2.65. The van der Waals surface area contributed by atoms with Gasteiger partial charge in [0.15, 0.2) is 6.29 Å². The Balaban J connectivity index is 1.57. The van der Waals surface area contributed by atoms with Gasteiger partial charge in [-0.15, -0.1) is 18.2 Å². The zero-order valence-electron chi connectivity index (χ0n) is 37.7. The Morgan fingerprint density at radius 2 is 1.75 bits per heavy atom.